The Morgan fingerprint density at radius 3 is 2.25 bits per heavy atom. The summed E-state index contributed by atoms with van der Waals surface area (Å²) in [6.45, 7) is 0.835. The maximum Gasteiger partial charge on any atom is 0.195 e. The SMILES string of the molecule is FC1(Br)COCC12CCCCC2. The maximum absolute atomic E-state index is 13.9. The molecule has 0 aromatic heterocycles. The second-order valence-corrected chi connectivity index (χ2v) is 5.30. The zero-order valence-corrected chi connectivity index (χ0v) is 8.70. The minimum atomic E-state index is -1.25. The molecule has 2 fully saturated rings. The second-order valence-electron chi connectivity index (χ2n) is 4.04. The smallest absolute Gasteiger partial charge is 0.195 e. The third kappa shape index (κ3) is 1.22. The molecule has 1 unspecified atom stereocenters. The van der Waals surface area contributed by atoms with Crippen molar-refractivity contribution in [2.24, 2.45) is 5.41 Å². The zero-order valence-electron chi connectivity index (χ0n) is 7.11. The summed E-state index contributed by atoms with van der Waals surface area (Å²) in [5.41, 5.74) is -0.203. The van der Waals surface area contributed by atoms with E-state index in [4.69, 9.17) is 4.74 Å². The van der Waals surface area contributed by atoms with Gasteiger partial charge < -0.3 is 4.74 Å². The molecule has 2 rings (SSSR count). The van der Waals surface area contributed by atoms with E-state index in [0.29, 0.717) is 6.61 Å². The number of hydrogen-bond acceptors (Lipinski definition) is 1. The van der Waals surface area contributed by atoms with E-state index in [-0.39, 0.29) is 12.0 Å². The molecule has 0 amide bonds. The van der Waals surface area contributed by atoms with Gasteiger partial charge in [-0.1, -0.05) is 19.3 Å². The number of alkyl halides is 2. The molecular weight excluding hydrogens is 223 g/mol. The van der Waals surface area contributed by atoms with Gasteiger partial charge in [-0.15, -0.1) is 0 Å². The monoisotopic (exact) mass is 236 g/mol. The van der Waals surface area contributed by atoms with Gasteiger partial charge in [-0.3, -0.25) is 0 Å². The standard InChI is InChI=1S/C9H14BrFO/c10-9(11)7-12-6-8(9)4-2-1-3-5-8/h1-7H2. The van der Waals surface area contributed by atoms with E-state index in [9.17, 15) is 4.39 Å². The Hall–Kier alpha value is 0.370. The summed E-state index contributed by atoms with van der Waals surface area (Å²) in [4.78, 5) is 0. The van der Waals surface area contributed by atoms with Crippen molar-refractivity contribution < 1.29 is 9.13 Å². The zero-order chi connectivity index (χ0) is 8.66. The molecule has 1 heterocycles. The van der Waals surface area contributed by atoms with E-state index in [2.05, 4.69) is 15.9 Å². The van der Waals surface area contributed by atoms with E-state index < -0.39 is 4.58 Å². The molecule has 3 heteroatoms. The van der Waals surface area contributed by atoms with Crippen LogP contribution in [0.1, 0.15) is 32.1 Å². The third-order valence-corrected chi connectivity index (χ3v) is 4.32. The van der Waals surface area contributed by atoms with Crippen LogP contribution in [0.3, 0.4) is 0 Å². The predicted molar refractivity (Wildman–Crippen MR) is 49.1 cm³/mol. The Labute approximate surface area is 80.8 Å². The van der Waals surface area contributed by atoms with Crippen LogP contribution in [0, 0.1) is 5.41 Å². The molecule has 2 aliphatic rings. The third-order valence-electron chi connectivity index (χ3n) is 3.25. The average molecular weight is 237 g/mol. The van der Waals surface area contributed by atoms with Crippen LogP contribution < -0.4 is 0 Å². The molecular formula is C9H14BrFO. The van der Waals surface area contributed by atoms with Crippen molar-refractivity contribution in [2.75, 3.05) is 13.2 Å². The van der Waals surface area contributed by atoms with Crippen molar-refractivity contribution in [2.45, 2.75) is 36.7 Å². The highest BCUT2D eigenvalue weighted by atomic mass is 79.9. The van der Waals surface area contributed by atoms with Crippen LogP contribution >= 0.6 is 15.9 Å². The first-order valence-corrected chi connectivity index (χ1v) is 5.41. The molecule has 1 atom stereocenters. The van der Waals surface area contributed by atoms with Crippen molar-refractivity contribution >= 4 is 15.9 Å². The van der Waals surface area contributed by atoms with Crippen LogP contribution in [0.15, 0.2) is 0 Å². The summed E-state index contributed by atoms with van der Waals surface area (Å²) in [5.74, 6) is 0. The lowest BCUT2D eigenvalue weighted by molar-refractivity contribution is 0.0814. The summed E-state index contributed by atoms with van der Waals surface area (Å²) in [5, 5.41) is 0. The molecule has 1 aliphatic carbocycles. The first-order valence-electron chi connectivity index (χ1n) is 4.62. The van der Waals surface area contributed by atoms with Gasteiger partial charge in [-0.2, -0.15) is 0 Å². The van der Waals surface area contributed by atoms with Crippen LogP contribution in [0.4, 0.5) is 4.39 Å². The Balaban J connectivity index is 2.17. The van der Waals surface area contributed by atoms with Crippen LogP contribution in [-0.4, -0.2) is 17.8 Å². The molecule has 1 saturated heterocycles. The van der Waals surface area contributed by atoms with E-state index in [1.165, 1.54) is 6.42 Å². The molecule has 0 aromatic rings. The van der Waals surface area contributed by atoms with E-state index >= 15 is 0 Å². The fourth-order valence-electron chi connectivity index (χ4n) is 2.37. The fraction of sp³-hybridized carbons (Fsp3) is 1.00. The van der Waals surface area contributed by atoms with Gasteiger partial charge in [-0.25, -0.2) is 4.39 Å². The molecule has 0 radical (unpaired) electrons. The Bertz CT molecular complexity index is 175. The first-order chi connectivity index (χ1) is 5.66. The lowest BCUT2D eigenvalue weighted by Crippen LogP contribution is -2.40. The molecule has 0 N–H and O–H groups in total. The molecule has 12 heavy (non-hydrogen) atoms. The van der Waals surface area contributed by atoms with Gasteiger partial charge in [0.05, 0.1) is 13.2 Å². The number of hydrogen-bond donors (Lipinski definition) is 0. The van der Waals surface area contributed by atoms with Gasteiger partial charge in [0.15, 0.2) is 4.58 Å². The van der Waals surface area contributed by atoms with Gasteiger partial charge in [0.25, 0.3) is 0 Å². The summed E-state index contributed by atoms with van der Waals surface area (Å²) in [7, 11) is 0. The van der Waals surface area contributed by atoms with Crippen LogP contribution in [0.25, 0.3) is 0 Å². The van der Waals surface area contributed by atoms with Gasteiger partial charge in [0, 0.05) is 5.41 Å². The van der Waals surface area contributed by atoms with E-state index in [1.807, 2.05) is 0 Å². The molecule has 70 valence electrons. The summed E-state index contributed by atoms with van der Waals surface area (Å²) >= 11 is 3.17. The lowest BCUT2D eigenvalue weighted by atomic mass is 9.72. The molecule has 1 saturated carbocycles. The van der Waals surface area contributed by atoms with Crippen LogP contribution in [0.2, 0.25) is 0 Å². The van der Waals surface area contributed by atoms with Crippen molar-refractivity contribution in [1.82, 2.24) is 0 Å². The topological polar surface area (TPSA) is 9.23 Å². The summed E-state index contributed by atoms with van der Waals surface area (Å²) in [6, 6.07) is 0. The lowest BCUT2D eigenvalue weighted by Gasteiger charge is -2.37. The van der Waals surface area contributed by atoms with Gasteiger partial charge in [-0.05, 0) is 28.8 Å². The minimum Gasteiger partial charge on any atom is -0.376 e. The fourth-order valence-corrected chi connectivity index (χ4v) is 3.04. The van der Waals surface area contributed by atoms with E-state index in [0.717, 1.165) is 25.7 Å². The van der Waals surface area contributed by atoms with Crippen LogP contribution in [-0.2, 0) is 4.74 Å². The minimum absolute atomic E-state index is 0.203. The summed E-state index contributed by atoms with van der Waals surface area (Å²) in [6.07, 6.45) is 5.52. The molecule has 0 bridgehead atoms. The Morgan fingerprint density at radius 1 is 1.08 bits per heavy atom. The Morgan fingerprint density at radius 2 is 1.75 bits per heavy atom. The summed E-state index contributed by atoms with van der Waals surface area (Å²) < 4.78 is 17.9. The highest BCUT2D eigenvalue weighted by Crippen LogP contribution is 2.53. The van der Waals surface area contributed by atoms with Crippen LogP contribution in [0.5, 0.6) is 0 Å². The first kappa shape index (κ1) is 8.95. The normalized spacial score (nSPS) is 40.5. The molecule has 0 aromatic carbocycles. The average Bonchev–Trinajstić information content (AvgIpc) is 2.30. The van der Waals surface area contributed by atoms with E-state index in [1.54, 1.807) is 0 Å². The second kappa shape index (κ2) is 2.95. The van der Waals surface area contributed by atoms with Crippen molar-refractivity contribution in [3.63, 3.8) is 0 Å². The Kier molecular flexibility index (Phi) is 2.20. The predicted octanol–water partition coefficient (Wildman–Crippen LogP) is 3.03. The largest absolute Gasteiger partial charge is 0.376 e. The maximum atomic E-state index is 13.9. The number of halogens is 2. The van der Waals surface area contributed by atoms with Gasteiger partial charge in [0.2, 0.25) is 0 Å². The quantitative estimate of drug-likeness (QED) is 0.588. The molecule has 1 spiro atoms. The highest BCUT2D eigenvalue weighted by Gasteiger charge is 2.55. The number of ether oxygens (including phenoxy) is 1. The highest BCUT2D eigenvalue weighted by molar-refractivity contribution is 9.10. The van der Waals surface area contributed by atoms with Gasteiger partial charge in [0.1, 0.15) is 0 Å². The van der Waals surface area contributed by atoms with Crippen molar-refractivity contribution in [3.05, 3.63) is 0 Å². The van der Waals surface area contributed by atoms with Gasteiger partial charge >= 0.3 is 0 Å². The molecule has 1 aliphatic heterocycles. The van der Waals surface area contributed by atoms with Crippen molar-refractivity contribution in [1.29, 1.82) is 0 Å². The number of rotatable bonds is 0. The molecule has 1 nitrogen and oxygen atoms in total. The van der Waals surface area contributed by atoms with Crippen molar-refractivity contribution in [3.8, 4) is 0 Å².